The van der Waals surface area contributed by atoms with Crippen molar-refractivity contribution in [3.8, 4) is 28.3 Å². The second-order valence-corrected chi connectivity index (χ2v) is 13.0. The quantitative estimate of drug-likeness (QED) is 0.245. The number of rotatable bonds is 7. The predicted molar refractivity (Wildman–Crippen MR) is 165 cm³/mol. The zero-order chi connectivity index (χ0) is 29.2. The Bertz CT molecular complexity index is 1910. The molecule has 3 aliphatic rings. The van der Waals surface area contributed by atoms with Gasteiger partial charge in [-0.25, -0.2) is 9.37 Å². The number of likely N-dealkylation sites (tertiary alicyclic amines) is 1. The first-order valence-electron chi connectivity index (χ1n) is 15.6. The van der Waals surface area contributed by atoms with E-state index in [1.165, 1.54) is 30.5 Å². The standard InChI is InChI=1S/C34H36FN7O/c1-20-4-3-11-41(16-20)17-25-15-27-29(21-5-6-21)18-42(34(43)32(27)37-25)31-13-23(12-30(38-31)22-7-8-22)26-10-9-24(35)14-28(26)33-39-36-19-40(33)2/h9-10,12-15,18-22,37H,3-8,11,16-17H2,1-2H3/t20-/m0/s1. The van der Waals surface area contributed by atoms with Gasteiger partial charge in [-0.05, 0) is 104 Å². The number of hydrogen-bond acceptors (Lipinski definition) is 5. The van der Waals surface area contributed by atoms with E-state index in [0.29, 0.717) is 40.5 Å². The third-order valence-corrected chi connectivity index (χ3v) is 9.36. The molecule has 0 amide bonds. The number of hydrogen-bond donors (Lipinski definition) is 1. The first kappa shape index (κ1) is 26.5. The van der Waals surface area contributed by atoms with Crippen molar-refractivity contribution in [2.45, 2.75) is 63.8 Å². The number of piperidine rings is 1. The Kier molecular flexibility index (Phi) is 6.33. The number of benzene rings is 1. The maximum absolute atomic E-state index is 14.5. The minimum absolute atomic E-state index is 0.0864. The topological polar surface area (TPSA) is 84.6 Å². The Balaban J connectivity index is 1.27. The van der Waals surface area contributed by atoms with E-state index in [4.69, 9.17) is 4.98 Å². The summed E-state index contributed by atoms with van der Waals surface area (Å²) in [5, 5.41) is 9.34. The molecular formula is C34H36FN7O. The monoisotopic (exact) mass is 577 g/mol. The van der Waals surface area contributed by atoms with Crippen LogP contribution in [0.4, 0.5) is 4.39 Å². The fourth-order valence-corrected chi connectivity index (χ4v) is 6.82. The number of pyridine rings is 2. The Morgan fingerprint density at radius 3 is 2.60 bits per heavy atom. The first-order valence-corrected chi connectivity index (χ1v) is 15.6. The average molecular weight is 578 g/mol. The molecule has 0 spiro atoms. The van der Waals surface area contributed by atoms with Gasteiger partial charge in [-0.15, -0.1) is 10.2 Å². The third-order valence-electron chi connectivity index (χ3n) is 9.36. The zero-order valence-electron chi connectivity index (χ0n) is 24.7. The zero-order valence-corrected chi connectivity index (χ0v) is 24.7. The molecule has 3 fully saturated rings. The van der Waals surface area contributed by atoms with Crippen molar-refractivity contribution in [2.75, 3.05) is 13.1 Å². The van der Waals surface area contributed by atoms with Crippen LogP contribution in [0, 0.1) is 11.7 Å². The summed E-state index contributed by atoms with van der Waals surface area (Å²) in [6.07, 6.45) is 10.6. The lowest BCUT2D eigenvalue weighted by Crippen LogP contribution is -2.33. The van der Waals surface area contributed by atoms with Crippen LogP contribution in [0.5, 0.6) is 0 Å². The van der Waals surface area contributed by atoms with Crippen molar-refractivity contribution in [1.29, 1.82) is 0 Å². The highest BCUT2D eigenvalue weighted by molar-refractivity contribution is 5.85. The van der Waals surface area contributed by atoms with Crippen molar-refractivity contribution in [2.24, 2.45) is 13.0 Å². The number of aromatic nitrogens is 6. The van der Waals surface area contributed by atoms with Gasteiger partial charge in [0.05, 0.1) is 0 Å². The first-order chi connectivity index (χ1) is 20.9. The van der Waals surface area contributed by atoms with Crippen LogP contribution in [-0.2, 0) is 13.6 Å². The molecule has 43 heavy (non-hydrogen) atoms. The van der Waals surface area contributed by atoms with Gasteiger partial charge >= 0.3 is 0 Å². The van der Waals surface area contributed by atoms with Crippen molar-refractivity contribution < 1.29 is 4.39 Å². The minimum Gasteiger partial charge on any atom is -0.353 e. The van der Waals surface area contributed by atoms with Gasteiger partial charge in [0.15, 0.2) is 5.82 Å². The summed E-state index contributed by atoms with van der Waals surface area (Å²) >= 11 is 0. The molecule has 1 saturated heterocycles. The van der Waals surface area contributed by atoms with E-state index in [2.05, 4.69) is 39.1 Å². The van der Waals surface area contributed by atoms with Gasteiger partial charge in [0, 0.05) is 54.6 Å². The molecule has 5 heterocycles. The molecule has 1 aliphatic heterocycles. The van der Waals surface area contributed by atoms with Crippen molar-refractivity contribution in [3.63, 3.8) is 0 Å². The molecule has 9 heteroatoms. The molecule has 220 valence electrons. The molecule has 1 N–H and O–H groups in total. The number of aromatic amines is 1. The number of nitrogens with one attached hydrogen (secondary N) is 1. The number of aryl methyl sites for hydroxylation is 1. The molecule has 2 saturated carbocycles. The van der Waals surface area contributed by atoms with Gasteiger partial charge in [0.1, 0.15) is 23.5 Å². The van der Waals surface area contributed by atoms with Crippen LogP contribution in [-0.4, -0.2) is 47.3 Å². The molecule has 8 rings (SSSR count). The number of halogens is 1. The van der Waals surface area contributed by atoms with E-state index in [9.17, 15) is 9.18 Å². The van der Waals surface area contributed by atoms with E-state index in [1.54, 1.807) is 21.5 Å². The summed E-state index contributed by atoms with van der Waals surface area (Å²) in [6.45, 7) is 5.34. The number of nitrogens with zero attached hydrogens (tertiary/aromatic N) is 6. The fraction of sp³-hybridized carbons (Fsp3) is 0.412. The molecule has 0 unspecified atom stereocenters. The summed E-state index contributed by atoms with van der Waals surface area (Å²) in [5.74, 6) is 2.37. The molecule has 0 bridgehead atoms. The molecule has 8 nitrogen and oxygen atoms in total. The van der Waals surface area contributed by atoms with Crippen LogP contribution >= 0.6 is 0 Å². The summed E-state index contributed by atoms with van der Waals surface area (Å²) in [6, 6.07) is 11.0. The number of fused-ring (bicyclic) bond motifs is 1. The van der Waals surface area contributed by atoms with Crippen LogP contribution in [0.3, 0.4) is 0 Å². The lowest BCUT2D eigenvalue weighted by Gasteiger charge is -2.30. The Labute approximate surface area is 249 Å². The second kappa shape index (κ2) is 10.3. The molecule has 1 aromatic carbocycles. The Morgan fingerprint density at radius 1 is 1.02 bits per heavy atom. The van der Waals surface area contributed by atoms with E-state index >= 15 is 0 Å². The maximum Gasteiger partial charge on any atom is 0.280 e. The lowest BCUT2D eigenvalue weighted by molar-refractivity contribution is 0.175. The van der Waals surface area contributed by atoms with Crippen LogP contribution in [0.15, 0.2) is 53.7 Å². The van der Waals surface area contributed by atoms with Crippen molar-refractivity contribution in [3.05, 3.63) is 82.0 Å². The Hall–Kier alpha value is -4.11. The fourth-order valence-electron chi connectivity index (χ4n) is 6.82. The predicted octanol–water partition coefficient (Wildman–Crippen LogP) is 6.30. The molecule has 2 aliphatic carbocycles. The Morgan fingerprint density at radius 2 is 1.86 bits per heavy atom. The summed E-state index contributed by atoms with van der Waals surface area (Å²) < 4.78 is 18.0. The lowest BCUT2D eigenvalue weighted by atomic mass is 9.98. The summed E-state index contributed by atoms with van der Waals surface area (Å²) in [4.78, 5) is 25.3. The highest BCUT2D eigenvalue weighted by Gasteiger charge is 2.30. The van der Waals surface area contributed by atoms with Crippen LogP contribution in [0.25, 0.3) is 39.2 Å². The highest BCUT2D eigenvalue weighted by atomic mass is 19.1. The second-order valence-electron chi connectivity index (χ2n) is 13.0. The molecule has 4 aromatic heterocycles. The summed E-state index contributed by atoms with van der Waals surface area (Å²) in [5.41, 5.74) is 6.22. The largest absolute Gasteiger partial charge is 0.353 e. The smallest absolute Gasteiger partial charge is 0.280 e. The van der Waals surface area contributed by atoms with Gasteiger partial charge in [-0.1, -0.05) is 13.0 Å². The van der Waals surface area contributed by atoms with Gasteiger partial charge < -0.3 is 9.55 Å². The van der Waals surface area contributed by atoms with E-state index in [-0.39, 0.29) is 11.4 Å². The SMILES string of the molecule is C[C@H]1CCCN(Cc2cc3c(C4CC4)cn(-c4cc(-c5ccc(F)cc5-c5nncn5C)cc(C5CC5)n4)c(=O)c3[nH]2)C1. The van der Waals surface area contributed by atoms with Crippen LogP contribution < -0.4 is 5.56 Å². The van der Waals surface area contributed by atoms with Crippen molar-refractivity contribution in [1.82, 2.24) is 34.2 Å². The van der Waals surface area contributed by atoms with Crippen molar-refractivity contribution >= 4 is 10.9 Å². The molecule has 5 aromatic rings. The van der Waals surface area contributed by atoms with Gasteiger partial charge in [-0.2, -0.15) is 0 Å². The normalized spacial score (nSPS) is 19.4. The van der Waals surface area contributed by atoms with E-state index < -0.39 is 0 Å². The molecule has 1 atom stereocenters. The third kappa shape index (κ3) is 4.99. The minimum atomic E-state index is -0.337. The van der Waals surface area contributed by atoms with E-state index in [0.717, 1.165) is 73.2 Å². The molecular weight excluding hydrogens is 541 g/mol. The summed E-state index contributed by atoms with van der Waals surface area (Å²) in [7, 11) is 1.85. The highest BCUT2D eigenvalue weighted by Crippen LogP contribution is 2.44. The average Bonchev–Trinajstić information content (AvgIpc) is 3.93. The van der Waals surface area contributed by atoms with Gasteiger partial charge in [0.25, 0.3) is 5.56 Å². The maximum atomic E-state index is 14.5. The molecule has 0 radical (unpaired) electrons. The van der Waals surface area contributed by atoms with Crippen LogP contribution in [0.1, 0.15) is 74.2 Å². The number of H-pyrrole nitrogens is 1. The van der Waals surface area contributed by atoms with Crippen LogP contribution in [0.2, 0.25) is 0 Å². The van der Waals surface area contributed by atoms with Gasteiger partial charge in [0.2, 0.25) is 0 Å². The van der Waals surface area contributed by atoms with E-state index in [1.807, 2.05) is 19.3 Å². The van der Waals surface area contributed by atoms with Gasteiger partial charge in [-0.3, -0.25) is 14.3 Å².